The van der Waals surface area contributed by atoms with Gasteiger partial charge in [0.25, 0.3) is 0 Å². The molecule has 1 rings (SSSR count). The normalized spacial score (nSPS) is 10.0. The van der Waals surface area contributed by atoms with Crippen LogP contribution in [0.4, 0.5) is 0 Å². The first-order valence-electron chi connectivity index (χ1n) is 5.90. The minimum absolute atomic E-state index is 0.570. The minimum Gasteiger partial charge on any atom is -0.496 e. The fourth-order valence-corrected chi connectivity index (χ4v) is 1.83. The molecular weight excluding hydrogens is 212 g/mol. The number of nitrogens with one attached hydrogen (secondary N) is 1. The Balaban J connectivity index is 2.54. The molecule has 1 aromatic rings. The van der Waals surface area contributed by atoms with Gasteiger partial charge in [0.05, 0.1) is 13.2 Å². The molecule has 0 spiro atoms. The van der Waals surface area contributed by atoms with Crippen LogP contribution in [0.3, 0.4) is 0 Å². The van der Waals surface area contributed by atoms with Crippen molar-refractivity contribution in [3.05, 3.63) is 28.8 Å². The second-order valence-electron chi connectivity index (χ2n) is 4.16. The minimum atomic E-state index is 0.570. The SMILES string of the molecule is COc1cc(C)c(CCNCCC#N)cc1C. The van der Waals surface area contributed by atoms with Crippen LogP contribution in [0.25, 0.3) is 0 Å². The number of methoxy groups -OCH3 is 1. The molecule has 0 amide bonds. The summed E-state index contributed by atoms with van der Waals surface area (Å²) in [6.45, 7) is 5.84. The Hall–Kier alpha value is -1.53. The fraction of sp³-hybridized carbons (Fsp3) is 0.500. The summed E-state index contributed by atoms with van der Waals surface area (Å²) >= 11 is 0. The van der Waals surface area contributed by atoms with Crippen LogP contribution in [0, 0.1) is 25.2 Å². The zero-order chi connectivity index (χ0) is 12.7. The van der Waals surface area contributed by atoms with E-state index >= 15 is 0 Å². The molecule has 3 nitrogen and oxygen atoms in total. The number of hydrogen-bond donors (Lipinski definition) is 1. The largest absolute Gasteiger partial charge is 0.496 e. The maximum atomic E-state index is 8.42. The molecule has 0 aliphatic rings. The first-order chi connectivity index (χ1) is 8.19. The van der Waals surface area contributed by atoms with E-state index in [0.29, 0.717) is 6.42 Å². The van der Waals surface area contributed by atoms with E-state index in [0.717, 1.165) is 25.3 Å². The summed E-state index contributed by atoms with van der Waals surface area (Å²) in [4.78, 5) is 0. The molecule has 0 saturated heterocycles. The number of nitrogens with zero attached hydrogens (tertiary/aromatic N) is 1. The number of benzene rings is 1. The molecule has 17 heavy (non-hydrogen) atoms. The Bertz CT molecular complexity index is 407. The van der Waals surface area contributed by atoms with Crippen LogP contribution in [0.2, 0.25) is 0 Å². The molecule has 0 heterocycles. The molecule has 0 aliphatic carbocycles. The van der Waals surface area contributed by atoms with E-state index in [-0.39, 0.29) is 0 Å². The Kier molecular flexibility index (Phi) is 5.51. The third-order valence-electron chi connectivity index (χ3n) is 2.84. The highest BCUT2D eigenvalue weighted by molar-refractivity contribution is 5.41. The topological polar surface area (TPSA) is 45.0 Å². The predicted octanol–water partition coefficient (Wildman–Crippen LogP) is 2.36. The highest BCUT2D eigenvalue weighted by atomic mass is 16.5. The van der Waals surface area contributed by atoms with E-state index in [1.165, 1.54) is 16.7 Å². The van der Waals surface area contributed by atoms with E-state index in [2.05, 4.69) is 37.4 Å². The summed E-state index contributed by atoms with van der Waals surface area (Å²) in [5.74, 6) is 0.948. The third-order valence-corrected chi connectivity index (χ3v) is 2.84. The van der Waals surface area contributed by atoms with Crippen molar-refractivity contribution in [2.24, 2.45) is 0 Å². The highest BCUT2D eigenvalue weighted by Crippen LogP contribution is 2.22. The summed E-state index contributed by atoms with van der Waals surface area (Å²) in [5, 5.41) is 11.7. The van der Waals surface area contributed by atoms with Crippen molar-refractivity contribution in [2.75, 3.05) is 20.2 Å². The molecule has 0 bridgehead atoms. The number of hydrogen-bond acceptors (Lipinski definition) is 3. The average Bonchev–Trinajstić information content (AvgIpc) is 2.32. The Morgan fingerprint density at radius 2 is 2.00 bits per heavy atom. The lowest BCUT2D eigenvalue weighted by Gasteiger charge is -2.11. The summed E-state index contributed by atoms with van der Waals surface area (Å²) < 4.78 is 5.29. The maximum Gasteiger partial charge on any atom is 0.122 e. The van der Waals surface area contributed by atoms with E-state index in [4.69, 9.17) is 10.00 Å². The van der Waals surface area contributed by atoms with Crippen molar-refractivity contribution in [3.8, 4) is 11.8 Å². The zero-order valence-corrected chi connectivity index (χ0v) is 10.8. The molecule has 0 aliphatic heterocycles. The number of aryl methyl sites for hydroxylation is 2. The molecule has 0 unspecified atom stereocenters. The lowest BCUT2D eigenvalue weighted by Crippen LogP contribution is -2.18. The summed E-state index contributed by atoms with van der Waals surface area (Å²) in [7, 11) is 1.70. The molecule has 92 valence electrons. The molecule has 1 N–H and O–H groups in total. The Morgan fingerprint density at radius 1 is 1.24 bits per heavy atom. The summed E-state index contributed by atoms with van der Waals surface area (Å²) in [6, 6.07) is 6.39. The van der Waals surface area contributed by atoms with Crippen LogP contribution < -0.4 is 10.1 Å². The Morgan fingerprint density at radius 3 is 2.65 bits per heavy atom. The van der Waals surface area contributed by atoms with Crippen molar-refractivity contribution in [3.63, 3.8) is 0 Å². The van der Waals surface area contributed by atoms with Gasteiger partial charge in [0, 0.05) is 13.0 Å². The summed E-state index contributed by atoms with van der Waals surface area (Å²) in [5.41, 5.74) is 3.77. The maximum absolute atomic E-state index is 8.42. The molecule has 0 aromatic heterocycles. The standard InChI is InChI=1S/C14H20N2O/c1-11-10-14(17-3)12(2)9-13(11)5-8-16-7-4-6-15/h9-10,16H,4-5,7-8H2,1-3H3. The smallest absolute Gasteiger partial charge is 0.122 e. The molecular formula is C14H20N2O. The first-order valence-corrected chi connectivity index (χ1v) is 5.90. The van der Waals surface area contributed by atoms with Gasteiger partial charge < -0.3 is 10.1 Å². The molecule has 0 saturated carbocycles. The quantitative estimate of drug-likeness (QED) is 0.766. The van der Waals surface area contributed by atoms with Gasteiger partial charge in [0.2, 0.25) is 0 Å². The molecule has 0 fully saturated rings. The van der Waals surface area contributed by atoms with E-state index in [9.17, 15) is 0 Å². The van der Waals surface area contributed by atoms with E-state index in [1.54, 1.807) is 7.11 Å². The molecule has 0 radical (unpaired) electrons. The summed E-state index contributed by atoms with van der Waals surface area (Å²) in [6.07, 6.45) is 1.56. The third kappa shape index (κ3) is 4.08. The van der Waals surface area contributed by atoms with Crippen LogP contribution in [-0.2, 0) is 6.42 Å². The van der Waals surface area contributed by atoms with Crippen LogP contribution in [0.15, 0.2) is 12.1 Å². The number of nitriles is 1. The lowest BCUT2D eigenvalue weighted by atomic mass is 10.0. The molecule has 1 aromatic carbocycles. The van der Waals surface area contributed by atoms with Gasteiger partial charge in [-0.25, -0.2) is 0 Å². The van der Waals surface area contributed by atoms with Crippen LogP contribution in [-0.4, -0.2) is 20.2 Å². The molecule has 0 atom stereocenters. The van der Waals surface area contributed by atoms with Gasteiger partial charge in [-0.05, 0) is 49.6 Å². The van der Waals surface area contributed by atoms with E-state index < -0.39 is 0 Å². The second kappa shape index (κ2) is 6.93. The highest BCUT2D eigenvalue weighted by Gasteiger charge is 2.04. The zero-order valence-electron chi connectivity index (χ0n) is 10.8. The first kappa shape index (κ1) is 13.5. The number of ether oxygens (including phenoxy) is 1. The fourth-order valence-electron chi connectivity index (χ4n) is 1.83. The molecule has 3 heteroatoms. The lowest BCUT2D eigenvalue weighted by molar-refractivity contribution is 0.411. The van der Waals surface area contributed by atoms with Gasteiger partial charge in [-0.3, -0.25) is 0 Å². The van der Waals surface area contributed by atoms with Gasteiger partial charge in [-0.15, -0.1) is 0 Å². The van der Waals surface area contributed by atoms with Crippen molar-refractivity contribution in [1.29, 1.82) is 5.26 Å². The van der Waals surface area contributed by atoms with Gasteiger partial charge in [0.15, 0.2) is 0 Å². The monoisotopic (exact) mass is 232 g/mol. The van der Waals surface area contributed by atoms with Gasteiger partial charge in [-0.2, -0.15) is 5.26 Å². The van der Waals surface area contributed by atoms with Gasteiger partial charge in [-0.1, -0.05) is 6.07 Å². The van der Waals surface area contributed by atoms with Crippen LogP contribution in [0.1, 0.15) is 23.1 Å². The van der Waals surface area contributed by atoms with Gasteiger partial charge in [0.1, 0.15) is 5.75 Å². The number of rotatable bonds is 6. The van der Waals surface area contributed by atoms with Crippen molar-refractivity contribution < 1.29 is 4.74 Å². The second-order valence-corrected chi connectivity index (χ2v) is 4.16. The van der Waals surface area contributed by atoms with Crippen molar-refractivity contribution in [2.45, 2.75) is 26.7 Å². The average molecular weight is 232 g/mol. The Labute approximate surface area is 103 Å². The van der Waals surface area contributed by atoms with Crippen molar-refractivity contribution >= 4 is 0 Å². The van der Waals surface area contributed by atoms with Gasteiger partial charge >= 0.3 is 0 Å². The van der Waals surface area contributed by atoms with Crippen molar-refractivity contribution in [1.82, 2.24) is 5.32 Å². The van der Waals surface area contributed by atoms with E-state index in [1.807, 2.05) is 0 Å². The van der Waals surface area contributed by atoms with Crippen LogP contribution in [0.5, 0.6) is 5.75 Å². The van der Waals surface area contributed by atoms with Crippen LogP contribution >= 0.6 is 0 Å². The predicted molar refractivity (Wildman–Crippen MR) is 69.3 cm³/mol.